The number of nitrogen functional groups attached to an aromatic ring is 1. The summed E-state index contributed by atoms with van der Waals surface area (Å²) in [6.07, 6.45) is 3.84. The molecule has 5 heteroatoms. The average Bonchev–Trinajstić information content (AvgIpc) is 3.03. The van der Waals surface area contributed by atoms with Crippen LogP contribution in [0, 0.1) is 5.92 Å². The zero-order valence-corrected chi connectivity index (χ0v) is 11.3. The summed E-state index contributed by atoms with van der Waals surface area (Å²) in [5.74, 6) is 1.27. The standard InChI is InChI=1S/C14H16ClN3O/c15-9-3-4-10-12(7-9)18(14(16)17-10)11-5-6-19-13(11)8-1-2-8/h3-4,7-8,11,13H,1-2,5-6H2,(H2,16,17). The summed E-state index contributed by atoms with van der Waals surface area (Å²) in [5, 5.41) is 0.718. The molecule has 4 rings (SSSR count). The van der Waals surface area contributed by atoms with E-state index in [2.05, 4.69) is 9.55 Å². The number of hydrogen-bond acceptors (Lipinski definition) is 3. The van der Waals surface area contributed by atoms with Crippen LogP contribution in [0.1, 0.15) is 25.3 Å². The lowest BCUT2D eigenvalue weighted by Gasteiger charge is -2.21. The Labute approximate surface area is 116 Å². The first-order valence-electron chi connectivity index (χ1n) is 6.78. The summed E-state index contributed by atoms with van der Waals surface area (Å²) < 4.78 is 8.03. The third kappa shape index (κ3) is 1.82. The van der Waals surface area contributed by atoms with E-state index in [9.17, 15) is 0 Å². The number of nitrogens with zero attached hydrogens (tertiary/aromatic N) is 2. The molecule has 100 valence electrons. The van der Waals surface area contributed by atoms with Gasteiger partial charge in [0.25, 0.3) is 0 Å². The van der Waals surface area contributed by atoms with Gasteiger partial charge in [-0.1, -0.05) is 11.6 Å². The molecular formula is C14H16ClN3O. The maximum Gasteiger partial charge on any atom is 0.201 e. The molecule has 2 heterocycles. The van der Waals surface area contributed by atoms with Crippen LogP contribution in [-0.2, 0) is 4.74 Å². The molecule has 19 heavy (non-hydrogen) atoms. The Bertz CT molecular complexity index is 635. The van der Waals surface area contributed by atoms with E-state index in [0.29, 0.717) is 24.0 Å². The van der Waals surface area contributed by atoms with Crippen molar-refractivity contribution in [1.29, 1.82) is 0 Å². The van der Waals surface area contributed by atoms with E-state index >= 15 is 0 Å². The van der Waals surface area contributed by atoms with Gasteiger partial charge in [0.15, 0.2) is 0 Å². The van der Waals surface area contributed by atoms with Crippen molar-refractivity contribution in [2.45, 2.75) is 31.4 Å². The molecule has 1 aliphatic carbocycles. The Morgan fingerprint density at radius 2 is 2.16 bits per heavy atom. The van der Waals surface area contributed by atoms with Crippen molar-refractivity contribution in [1.82, 2.24) is 9.55 Å². The van der Waals surface area contributed by atoms with Crippen molar-refractivity contribution in [2.24, 2.45) is 5.92 Å². The van der Waals surface area contributed by atoms with E-state index in [1.54, 1.807) is 0 Å². The molecular weight excluding hydrogens is 262 g/mol. The Morgan fingerprint density at radius 3 is 2.95 bits per heavy atom. The van der Waals surface area contributed by atoms with Crippen LogP contribution in [0.4, 0.5) is 5.95 Å². The van der Waals surface area contributed by atoms with Crippen LogP contribution in [0.2, 0.25) is 5.02 Å². The number of benzene rings is 1. The second-order valence-corrected chi connectivity index (χ2v) is 5.94. The van der Waals surface area contributed by atoms with Gasteiger partial charge in [0.05, 0.1) is 23.2 Å². The third-order valence-corrected chi connectivity index (χ3v) is 4.44. The molecule has 2 atom stereocenters. The van der Waals surface area contributed by atoms with Crippen LogP contribution in [0.3, 0.4) is 0 Å². The van der Waals surface area contributed by atoms with E-state index in [0.717, 1.165) is 29.1 Å². The number of anilines is 1. The molecule has 4 nitrogen and oxygen atoms in total. The van der Waals surface area contributed by atoms with E-state index in [4.69, 9.17) is 22.1 Å². The molecule has 1 aromatic heterocycles. The fourth-order valence-electron chi connectivity index (χ4n) is 3.18. The first-order valence-corrected chi connectivity index (χ1v) is 7.16. The van der Waals surface area contributed by atoms with Gasteiger partial charge < -0.3 is 15.0 Å². The highest BCUT2D eigenvalue weighted by molar-refractivity contribution is 6.31. The van der Waals surface area contributed by atoms with Crippen LogP contribution >= 0.6 is 11.6 Å². The van der Waals surface area contributed by atoms with Crippen LogP contribution in [-0.4, -0.2) is 22.3 Å². The van der Waals surface area contributed by atoms with Crippen LogP contribution in [0.15, 0.2) is 18.2 Å². The molecule has 1 saturated heterocycles. The maximum atomic E-state index is 6.12. The van der Waals surface area contributed by atoms with Gasteiger partial charge in [-0.15, -0.1) is 0 Å². The Kier molecular flexibility index (Phi) is 2.50. The first-order chi connectivity index (χ1) is 9.24. The molecule has 2 fully saturated rings. The van der Waals surface area contributed by atoms with E-state index < -0.39 is 0 Å². The third-order valence-electron chi connectivity index (χ3n) is 4.20. The van der Waals surface area contributed by atoms with Crippen molar-refractivity contribution in [3.05, 3.63) is 23.2 Å². The lowest BCUT2D eigenvalue weighted by atomic mass is 10.1. The quantitative estimate of drug-likeness (QED) is 0.918. The molecule has 0 bridgehead atoms. The van der Waals surface area contributed by atoms with Crippen LogP contribution < -0.4 is 5.73 Å². The van der Waals surface area contributed by atoms with Crippen molar-refractivity contribution in [2.75, 3.05) is 12.3 Å². The molecule has 0 amide bonds. The van der Waals surface area contributed by atoms with Gasteiger partial charge in [0, 0.05) is 11.6 Å². The first kappa shape index (κ1) is 11.6. The number of halogens is 1. The molecule has 1 aliphatic heterocycles. The predicted molar refractivity (Wildman–Crippen MR) is 75.3 cm³/mol. The highest BCUT2D eigenvalue weighted by Gasteiger charge is 2.42. The van der Waals surface area contributed by atoms with Gasteiger partial charge in [-0.2, -0.15) is 0 Å². The van der Waals surface area contributed by atoms with Gasteiger partial charge >= 0.3 is 0 Å². The van der Waals surface area contributed by atoms with E-state index in [1.165, 1.54) is 12.8 Å². The SMILES string of the molecule is Nc1nc2ccc(Cl)cc2n1C1CCOC1C1CC1. The summed E-state index contributed by atoms with van der Waals surface area (Å²) in [6.45, 7) is 0.811. The zero-order valence-electron chi connectivity index (χ0n) is 10.6. The number of ether oxygens (including phenoxy) is 1. The number of hydrogen-bond donors (Lipinski definition) is 1. The second-order valence-electron chi connectivity index (χ2n) is 5.50. The van der Waals surface area contributed by atoms with Crippen molar-refractivity contribution in [3.8, 4) is 0 Å². The maximum absolute atomic E-state index is 6.12. The molecule has 2 aromatic rings. The largest absolute Gasteiger partial charge is 0.376 e. The number of imidazole rings is 1. The van der Waals surface area contributed by atoms with Crippen LogP contribution in [0.5, 0.6) is 0 Å². The fraction of sp³-hybridized carbons (Fsp3) is 0.500. The summed E-state index contributed by atoms with van der Waals surface area (Å²) in [4.78, 5) is 4.44. The summed E-state index contributed by atoms with van der Waals surface area (Å²) >= 11 is 6.10. The zero-order chi connectivity index (χ0) is 13.0. The Balaban J connectivity index is 1.84. The van der Waals surface area contributed by atoms with Gasteiger partial charge in [-0.25, -0.2) is 4.98 Å². The highest BCUT2D eigenvalue weighted by Crippen LogP contribution is 2.45. The molecule has 0 radical (unpaired) electrons. The summed E-state index contributed by atoms with van der Waals surface area (Å²) in [6, 6.07) is 6.02. The van der Waals surface area contributed by atoms with Gasteiger partial charge in [0.1, 0.15) is 0 Å². The lowest BCUT2D eigenvalue weighted by molar-refractivity contribution is 0.0762. The normalized spacial score (nSPS) is 27.2. The highest BCUT2D eigenvalue weighted by atomic mass is 35.5. The molecule has 2 unspecified atom stereocenters. The van der Waals surface area contributed by atoms with E-state index in [1.807, 2.05) is 18.2 Å². The minimum atomic E-state index is 0.290. The molecule has 0 spiro atoms. The van der Waals surface area contributed by atoms with Gasteiger partial charge in [0.2, 0.25) is 5.95 Å². The smallest absolute Gasteiger partial charge is 0.201 e. The second kappa shape index (κ2) is 4.12. The predicted octanol–water partition coefficient (Wildman–Crippen LogP) is 3.01. The summed E-state index contributed by atoms with van der Waals surface area (Å²) in [5.41, 5.74) is 8.04. The van der Waals surface area contributed by atoms with Crippen molar-refractivity contribution >= 4 is 28.6 Å². The number of rotatable bonds is 2. The number of aromatic nitrogens is 2. The van der Waals surface area contributed by atoms with E-state index in [-0.39, 0.29) is 0 Å². The molecule has 2 N–H and O–H groups in total. The van der Waals surface area contributed by atoms with Crippen molar-refractivity contribution < 1.29 is 4.74 Å². The van der Waals surface area contributed by atoms with Gasteiger partial charge in [-0.05, 0) is 43.4 Å². The Hall–Kier alpha value is -1.26. The monoisotopic (exact) mass is 277 g/mol. The number of nitrogens with two attached hydrogens (primary N) is 1. The molecule has 2 aliphatic rings. The molecule has 1 saturated carbocycles. The molecule has 1 aromatic carbocycles. The number of fused-ring (bicyclic) bond motifs is 1. The lowest BCUT2D eigenvalue weighted by Crippen LogP contribution is -2.23. The minimum absolute atomic E-state index is 0.290. The topological polar surface area (TPSA) is 53.1 Å². The van der Waals surface area contributed by atoms with Gasteiger partial charge in [-0.3, -0.25) is 0 Å². The van der Waals surface area contributed by atoms with Crippen LogP contribution in [0.25, 0.3) is 11.0 Å². The average molecular weight is 278 g/mol. The minimum Gasteiger partial charge on any atom is -0.376 e. The Morgan fingerprint density at radius 1 is 1.32 bits per heavy atom. The fourth-order valence-corrected chi connectivity index (χ4v) is 3.35. The summed E-state index contributed by atoms with van der Waals surface area (Å²) in [7, 11) is 0. The van der Waals surface area contributed by atoms with Crippen molar-refractivity contribution in [3.63, 3.8) is 0 Å².